The molecule has 0 aromatic rings. The summed E-state index contributed by atoms with van der Waals surface area (Å²) in [5.74, 6) is 0.382. The van der Waals surface area contributed by atoms with Crippen LogP contribution in [0.15, 0.2) is 0 Å². The second-order valence-electron chi connectivity index (χ2n) is 5.63. The number of hydrogen-bond donors (Lipinski definition) is 1. The number of amides is 4. The molecule has 3 aliphatic rings. The minimum Gasteiger partial charge on any atom is -0.277 e. The molecule has 5 nitrogen and oxygen atoms in total. The lowest BCUT2D eigenvalue weighted by atomic mass is 9.99. The lowest BCUT2D eigenvalue weighted by Gasteiger charge is -2.35. The molecule has 1 aliphatic carbocycles. The Kier molecular flexibility index (Phi) is 2.49. The Morgan fingerprint density at radius 2 is 2.00 bits per heavy atom. The first-order valence-electron chi connectivity index (χ1n) is 6.28. The smallest absolute Gasteiger partial charge is 0.277 e. The largest absolute Gasteiger partial charge is 0.330 e. The van der Waals surface area contributed by atoms with Crippen LogP contribution in [0.5, 0.6) is 0 Å². The fraction of sp³-hybridized carbons (Fsp3) is 0.750. The van der Waals surface area contributed by atoms with Gasteiger partial charge in [0.2, 0.25) is 11.8 Å². The van der Waals surface area contributed by atoms with Gasteiger partial charge in [0.15, 0.2) is 0 Å². The molecule has 0 radical (unpaired) electrons. The number of carbonyl (C=O) groups excluding carboxylic acids is 3. The van der Waals surface area contributed by atoms with Crippen molar-refractivity contribution in [2.75, 3.05) is 12.3 Å². The fourth-order valence-electron chi connectivity index (χ4n) is 2.74. The predicted molar refractivity (Wildman–Crippen MR) is 67.0 cm³/mol. The van der Waals surface area contributed by atoms with E-state index in [1.54, 1.807) is 11.8 Å². The zero-order chi connectivity index (χ0) is 13.0. The third-order valence-corrected chi connectivity index (χ3v) is 5.62. The first kappa shape index (κ1) is 12.0. The van der Waals surface area contributed by atoms with E-state index in [0.29, 0.717) is 19.4 Å². The molecule has 2 aliphatic heterocycles. The Balaban J connectivity index is 1.80. The van der Waals surface area contributed by atoms with Crippen LogP contribution in [0.4, 0.5) is 4.79 Å². The van der Waals surface area contributed by atoms with Crippen molar-refractivity contribution in [1.29, 1.82) is 0 Å². The Morgan fingerprint density at radius 3 is 2.56 bits per heavy atom. The number of thioether (sulfide) groups is 1. The van der Waals surface area contributed by atoms with Gasteiger partial charge in [0.1, 0.15) is 5.41 Å². The molecule has 1 atom stereocenters. The molecule has 0 aromatic heterocycles. The van der Waals surface area contributed by atoms with Crippen molar-refractivity contribution in [2.45, 2.75) is 37.4 Å². The number of carbonyl (C=O) groups is 3. The summed E-state index contributed by atoms with van der Waals surface area (Å²) in [6.45, 7) is 2.50. The highest BCUT2D eigenvalue weighted by molar-refractivity contribution is 8.00. The third-order valence-electron chi connectivity index (χ3n) is 4.10. The summed E-state index contributed by atoms with van der Waals surface area (Å²) >= 11 is 1.80. The van der Waals surface area contributed by atoms with Crippen molar-refractivity contribution in [1.82, 2.24) is 10.2 Å². The molecular formula is C12H16N2O3S. The number of hydrogen-bond acceptors (Lipinski definition) is 4. The predicted octanol–water partition coefficient (Wildman–Crippen LogP) is 1.13. The van der Waals surface area contributed by atoms with E-state index < -0.39 is 17.4 Å². The van der Waals surface area contributed by atoms with Gasteiger partial charge in [-0.2, -0.15) is 11.8 Å². The van der Waals surface area contributed by atoms with E-state index in [-0.39, 0.29) is 10.7 Å². The van der Waals surface area contributed by atoms with E-state index >= 15 is 0 Å². The van der Waals surface area contributed by atoms with Crippen molar-refractivity contribution in [3.63, 3.8) is 0 Å². The standard InChI is InChI=1S/C12H16N2O3S/c1-11(3-2-6-18-11)7-14-9(16)12(4-5-12)8(15)13-10(14)17/h2-7H2,1H3,(H,13,15,17). The van der Waals surface area contributed by atoms with Gasteiger partial charge in [-0.15, -0.1) is 0 Å². The van der Waals surface area contributed by atoms with Crippen LogP contribution in [-0.2, 0) is 9.59 Å². The van der Waals surface area contributed by atoms with Crippen molar-refractivity contribution < 1.29 is 14.4 Å². The molecule has 1 unspecified atom stereocenters. The summed E-state index contributed by atoms with van der Waals surface area (Å²) in [6, 6.07) is -0.545. The van der Waals surface area contributed by atoms with Gasteiger partial charge in [0.05, 0.1) is 0 Å². The maximum Gasteiger partial charge on any atom is 0.330 e. The van der Waals surface area contributed by atoms with Crippen LogP contribution < -0.4 is 5.32 Å². The molecule has 1 saturated carbocycles. The summed E-state index contributed by atoms with van der Waals surface area (Å²) in [4.78, 5) is 37.1. The summed E-state index contributed by atoms with van der Waals surface area (Å²) < 4.78 is -0.0521. The number of imide groups is 2. The highest BCUT2D eigenvalue weighted by atomic mass is 32.2. The number of nitrogens with zero attached hydrogens (tertiary/aromatic N) is 1. The fourth-order valence-corrected chi connectivity index (χ4v) is 4.03. The van der Waals surface area contributed by atoms with E-state index in [0.717, 1.165) is 18.6 Å². The first-order valence-corrected chi connectivity index (χ1v) is 7.27. The maximum atomic E-state index is 12.3. The Morgan fingerprint density at radius 1 is 1.28 bits per heavy atom. The van der Waals surface area contributed by atoms with Gasteiger partial charge in [-0.25, -0.2) is 4.79 Å². The molecule has 6 heteroatoms. The van der Waals surface area contributed by atoms with E-state index in [1.807, 2.05) is 0 Å². The van der Waals surface area contributed by atoms with Crippen LogP contribution in [0.2, 0.25) is 0 Å². The lowest BCUT2D eigenvalue weighted by Crippen LogP contribution is -2.61. The second-order valence-corrected chi connectivity index (χ2v) is 7.32. The van der Waals surface area contributed by atoms with Gasteiger partial charge in [-0.1, -0.05) is 0 Å². The molecule has 1 spiro atoms. The molecule has 0 bridgehead atoms. The van der Waals surface area contributed by atoms with Crippen LogP contribution in [-0.4, -0.2) is 39.8 Å². The quantitative estimate of drug-likeness (QED) is 0.762. The Labute approximate surface area is 110 Å². The van der Waals surface area contributed by atoms with Gasteiger partial charge in [-0.3, -0.25) is 19.8 Å². The molecule has 3 rings (SSSR count). The molecule has 2 heterocycles. The van der Waals surface area contributed by atoms with Gasteiger partial charge < -0.3 is 0 Å². The summed E-state index contributed by atoms with van der Waals surface area (Å²) in [5, 5.41) is 2.32. The molecule has 2 saturated heterocycles. The molecule has 4 amide bonds. The topological polar surface area (TPSA) is 66.5 Å². The van der Waals surface area contributed by atoms with Crippen LogP contribution in [0.1, 0.15) is 32.6 Å². The monoisotopic (exact) mass is 268 g/mol. The molecular weight excluding hydrogens is 252 g/mol. The number of rotatable bonds is 2. The third kappa shape index (κ3) is 1.66. The number of nitrogens with one attached hydrogen (secondary N) is 1. The summed E-state index contributed by atoms with van der Waals surface area (Å²) in [5.41, 5.74) is -0.909. The Bertz CT molecular complexity index is 439. The van der Waals surface area contributed by atoms with Crippen LogP contribution in [0.25, 0.3) is 0 Å². The van der Waals surface area contributed by atoms with Crippen LogP contribution in [0.3, 0.4) is 0 Å². The maximum absolute atomic E-state index is 12.3. The van der Waals surface area contributed by atoms with Gasteiger partial charge in [0, 0.05) is 11.3 Å². The van der Waals surface area contributed by atoms with E-state index in [9.17, 15) is 14.4 Å². The zero-order valence-corrected chi connectivity index (χ0v) is 11.1. The number of urea groups is 1. The van der Waals surface area contributed by atoms with Gasteiger partial charge in [-0.05, 0) is 38.4 Å². The average molecular weight is 268 g/mol. The SMILES string of the molecule is CC1(CN2C(=O)NC(=O)C3(CC3)C2=O)CCCS1. The normalized spacial score (nSPS) is 34.1. The minimum absolute atomic E-state index is 0.0521. The molecule has 98 valence electrons. The highest BCUT2D eigenvalue weighted by Gasteiger charge is 2.62. The zero-order valence-electron chi connectivity index (χ0n) is 10.3. The molecule has 18 heavy (non-hydrogen) atoms. The average Bonchev–Trinajstić information content (AvgIpc) is 3.02. The van der Waals surface area contributed by atoms with Crippen molar-refractivity contribution in [3.05, 3.63) is 0 Å². The van der Waals surface area contributed by atoms with Crippen LogP contribution >= 0.6 is 11.8 Å². The number of barbiturate groups is 1. The summed E-state index contributed by atoms with van der Waals surface area (Å²) in [7, 11) is 0. The first-order chi connectivity index (χ1) is 8.47. The van der Waals surface area contributed by atoms with Crippen molar-refractivity contribution in [3.8, 4) is 0 Å². The van der Waals surface area contributed by atoms with Gasteiger partial charge >= 0.3 is 6.03 Å². The van der Waals surface area contributed by atoms with Crippen LogP contribution in [0, 0.1) is 5.41 Å². The Hall–Kier alpha value is -1.04. The minimum atomic E-state index is -0.909. The molecule has 0 aromatic carbocycles. The summed E-state index contributed by atoms with van der Waals surface area (Å²) in [6.07, 6.45) is 3.28. The van der Waals surface area contributed by atoms with Crippen molar-refractivity contribution in [2.24, 2.45) is 5.41 Å². The van der Waals surface area contributed by atoms with Crippen molar-refractivity contribution >= 4 is 29.6 Å². The second kappa shape index (κ2) is 3.73. The van der Waals surface area contributed by atoms with E-state index in [1.165, 1.54) is 4.90 Å². The van der Waals surface area contributed by atoms with Gasteiger partial charge in [0.25, 0.3) is 0 Å². The molecule has 1 N–H and O–H groups in total. The highest BCUT2D eigenvalue weighted by Crippen LogP contribution is 2.50. The molecule has 3 fully saturated rings. The van der Waals surface area contributed by atoms with E-state index in [4.69, 9.17) is 0 Å². The lowest BCUT2D eigenvalue weighted by molar-refractivity contribution is -0.144. The van der Waals surface area contributed by atoms with E-state index in [2.05, 4.69) is 12.2 Å².